The number of benzene rings is 1. The van der Waals surface area contributed by atoms with Crippen LogP contribution in [0.1, 0.15) is 24.8 Å². The SMILES string of the molecule is CCN(C(=O)O)[C@@H]1CN(C(=O)C2CCN(c3ccccn3)CC2Cl)C[C@H]1c1ccc(Cl)c(F)c1. The molecule has 2 aliphatic heterocycles. The first kappa shape index (κ1) is 24.5. The minimum atomic E-state index is -1.07. The van der Waals surface area contributed by atoms with E-state index in [1.165, 1.54) is 17.0 Å². The molecule has 2 amide bonds. The van der Waals surface area contributed by atoms with Crippen LogP contribution in [0.4, 0.5) is 15.0 Å². The highest BCUT2D eigenvalue weighted by Gasteiger charge is 2.44. The average Bonchev–Trinajstić information content (AvgIpc) is 3.26. The molecule has 2 aliphatic rings. The van der Waals surface area contributed by atoms with E-state index in [1.807, 2.05) is 18.2 Å². The van der Waals surface area contributed by atoms with Gasteiger partial charge < -0.3 is 19.8 Å². The molecule has 1 aromatic heterocycles. The Bertz CT molecular complexity index is 1040. The van der Waals surface area contributed by atoms with Crippen LogP contribution in [0.25, 0.3) is 0 Å². The molecular weight excluding hydrogens is 482 g/mol. The molecule has 182 valence electrons. The Morgan fingerprint density at radius 1 is 1.24 bits per heavy atom. The van der Waals surface area contributed by atoms with E-state index in [2.05, 4.69) is 9.88 Å². The van der Waals surface area contributed by atoms with Crippen molar-refractivity contribution in [2.75, 3.05) is 37.6 Å². The fourth-order valence-corrected chi connectivity index (χ4v) is 5.55. The van der Waals surface area contributed by atoms with E-state index in [0.29, 0.717) is 31.6 Å². The van der Waals surface area contributed by atoms with Crippen molar-refractivity contribution in [2.24, 2.45) is 5.92 Å². The first-order chi connectivity index (χ1) is 16.3. The lowest BCUT2D eigenvalue weighted by molar-refractivity contribution is -0.135. The highest BCUT2D eigenvalue weighted by atomic mass is 35.5. The van der Waals surface area contributed by atoms with E-state index in [9.17, 15) is 19.1 Å². The van der Waals surface area contributed by atoms with Gasteiger partial charge in [-0.2, -0.15) is 0 Å². The van der Waals surface area contributed by atoms with Gasteiger partial charge in [0, 0.05) is 44.8 Å². The third kappa shape index (κ3) is 4.93. The van der Waals surface area contributed by atoms with Crippen molar-refractivity contribution in [3.63, 3.8) is 0 Å². The Morgan fingerprint density at radius 3 is 2.65 bits per heavy atom. The predicted octanol–water partition coefficient (Wildman–Crippen LogP) is 4.30. The minimum Gasteiger partial charge on any atom is -0.465 e. The molecule has 1 aromatic carbocycles. The molecule has 0 aliphatic carbocycles. The number of hydrogen-bond donors (Lipinski definition) is 1. The number of halogens is 3. The topological polar surface area (TPSA) is 77.0 Å². The van der Waals surface area contributed by atoms with E-state index in [4.69, 9.17) is 23.2 Å². The van der Waals surface area contributed by atoms with Crippen LogP contribution in [0, 0.1) is 11.7 Å². The lowest BCUT2D eigenvalue weighted by atomic mass is 9.93. The maximum absolute atomic E-state index is 14.2. The van der Waals surface area contributed by atoms with Gasteiger partial charge in [0.05, 0.1) is 22.4 Å². The van der Waals surface area contributed by atoms with E-state index in [-0.39, 0.29) is 35.9 Å². The second-order valence-electron chi connectivity index (χ2n) is 8.70. The van der Waals surface area contributed by atoms with Crippen LogP contribution < -0.4 is 4.90 Å². The molecular formula is C24H27Cl2FN4O3. The maximum Gasteiger partial charge on any atom is 0.407 e. The first-order valence-corrected chi connectivity index (χ1v) is 12.1. The zero-order valence-corrected chi connectivity index (χ0v) is 20.3. The van der Waals surface area contributed by atoms with Crippen LogP contribution in [0.3, 0.4) is 0 Å². The number of carbonyl (C=O) groups is 2. The molecule has 2 unspecified atom stereocenters. The number of piperidine rings is 1. The smallest absolute Gasteiger partial charge is 0.407 e. The van der Waals surface area contributed by atoms with Crippen LogP contribution in [-0.4, -0.2) is 76.0 Å². The average molecular weight is 509 g/mol. The summed E-state index contributed by atoms with van der Waals surface area (Å²) in [5, 5.41) is 9.34. The molecule has 0 bridgehead atoms. The third-order valence-electron chi connectivity index (χ3n) is 6.79. The molecule has 0 radical (unpaired) electrons. The lowest BCUT2D eigenvalue weighted by Crippen LogP contribution is -2.49. The number of pyridine rings is 1. The zero-order chi connectivity index (χ0) is 24.4. The number of likely N-dealkylation sites (N-methyl/N-ethyl adjacent to an activating group) is 1. The number of likely N-dealkylation sites (tertiary alicyclic amines) is 1. The second-order valence-corrected chi connectivity index (χ2v) is 9.67. The molecule has 2 aromatic rings. The number of carboxylic acid groups (broad SMARTS) is 1. The van der Waals surface area contributed by atoms with Gasteiger partial charge in [0.15, 0.2) is 0 Å². The van der Waals surface area contributed by atoms with Gasteiger partial charge in [-0.05, 0) is 43.2 Å². The number of hydrogen-bond acceptors (Lipinski definition) is 4. The van der Waals surface area contributed by atoms with Gasteiger partial charge in [0.2, 0.25) is 5.91 Å². The summed E-state index contributed by atoms with van der Waals surface area (Å²) < 4.78 is 14.2. The number of alkyl halides is 1. The Kier molecular flexibility index (Phi) is 7.48. The highest BCUT2D eigenvalue weighted by molar-refractivity contribution is 6.30. The summed E-state index contributed by atoms with van der Waals surface area (Å²) >= 11 is 12.5. The first-order valence-electron chi connectivity index (χ1n) is 11.3. The van der Waals surface area contributed by atoms with Gasteiger partial charge in [-0.15, -0.1) is 11.6 Å². The van der Waals surface area contributed by atoms with Crippen LogP contribution in [0.5, 0.6) is 0 Å². The van der Waals surface area contributed by atoms with Crippen LogP contribution in [0.2, 0.25) is 5.02 Å². The maximum atomic E-state index is 14.2. The molecule has 7 nitrogen and oxygen atoms in total. The summed E-state index contributed by atoms with van der Waals surface area (Å²) in [5.41, 5.74) is 0.620. The number of nitrogens with zero attached hydrogens (tertiary/aromatic N) is 4. The van der Waals surface area contributed by atoms with Crippen molar-refractivity contribution in [1.82, 2.24) is 14.8 Å². The number of rotatable bonds is 5. The summed E-state index contributed by atoms with van der Waals surface area (Å²) in [6.45, 7) is 3.68. The van der Waals surface area contributed by atoms with Crippen molar-refractivity contribution in [3.05, 3.63) is 59.0 Å². The van der Waals surface area contributed by atoms with Gasteiger partial charge in [0.25, 0.3) is 0 Å². The van der Waals surface area contributed by atoms with E-state index < -0.39 is 23.3 Å². The molecule has 4 atom stereocenters. The Morgan fingerprint density at radius 2 is 2.03 bits per heavy atom. The summed E-state index contributed by atoms with van der Waals surface area (Å²) in [4.78, 5) is 34.9. The lowest BCUT2D eigenvalue weighted by Gasteiger charge is -2.37. The van der Waals surface area contributed by atoms with Gasteiger partial charge >= 0.3 is 6.09 Å². The minimum absolute atomic E-state index is 0.00135. The molecule has 1 N–H and O–H groups in total. The molecule has 10 heteroatoms. The Labute approximate surface area is 208 Å². The summed E-state index contributed by atoms with van der Waals surface area (Å²) in [6.07, 6.45) is 1.23. The van der Waals surface area contributed by atoms with Crippen LogP contribution in [-0.2, 0) is 4.79 Å². The summed E-state index contributed by atoms with van der Waals surface area (Å²) in [7, 11) is 0. The van der Waals surface area contributed by atoms with E-state index >= 15 is 0 Å². The molecule has 2 saturated heterocycles. The molecule has 4 rings (SSSR count). The van der Waals surface area contributed by atoms with Crippen molar-refractivity contribution in [3.8, 4) is 0 Å². The number of carbonyl (C=O) groups excluding carboxylic acids is 1. The molecule has 0 spiro atoms. The van der Waals surface area contributed by atoms with Crippen molar-refractivity contribution >= 4 is 41.0 Å². The normalized spacial score (nSPS) is 24.8. The van der Waals surface area contributed by atoms with Crippen LogP contribution >= 0.6 is 23.2 Å². The fraction of sp³-hybridized carbons (Fsp3) is 0.458. The molecule has 34 heavy (non-hydrogen) atoms. The standard InChI is InChI=1S/C24H27Cl2FN4O3/c1-2-31(24(33)34)21-14-30(12-17(21)15-6-7-18(25)20(27)11-15)23(32)16-8-10-29(13-19(16)26)22-5-3-4-9-28-22/h3-7,9,11,16-17,19,21H,2,8,10,12-14H2,1H3,(H,33,34)/t16?,17-,19?,21+/m0/s1. The fourth-order valence-electron chi connectivity index (χ4n) is 5.03. The Balaban J connectivity index is 1.52. The molecule has 3 heterocycles. The number of aromatic nitrogens is 1. The van der Waals surface area contributed by atoms with Crippen molar-refractivity contribution in [2.45, 2.75) is 30.7 Å². The third-order valence-corrected chi connectivity index (χ3v) is 7.54. The summed E-state index contributed by atoms with van der Waals surface area (Å²) in [6, 6.07) is 9.68. The van der Waals surface area contributed by atoms with E-state index in [0.717, 1.165) is 5.82 Å². The second kappa shape index (κ2) is 10.4. The zero-order valence-electron chi connectivity index (χ0n) is 18.8. The quantitative estimate of drug-likeness (QED) is 0.609. The summed E-state index contributed by atoms with van der Waals surface area (Å²) in [5.74, 6) is -0.588. The Hall–Kier alpha value is -2.58. The van der Waals surface area contributed by atoms with Gasteiger partial charge in [-0.1, -0.05) is 23.7 Å². The molecule has 2 fully saturated rings. The monoisotopic (exact) mass is 508 g/mol. The molecule has 0 saturated carbocycles. The largest absolute Gasteiger partial charge is 0.465 e. The van der Waals surface area contributed by atoms with Crippen molar-refractivity contribution in [1.29, 1.82) is 0 Å². The predicted molar refractivity (Wildman–Crippen MR) is 129 cm³/mol. The van der Waals surface area contributed by atoms with Crippen LogP contribution in [0.15, 0.2) is 42.6 Å². The number of anilines is 1. The number of amides is 2. The van der Waals surface area contributed by atoms with Gasteiger partial charge in [0.1, 0.15) is 11.6 Å². The van der Waals surface area contributed by atoms with Gasteiger partial charge in [-0.3, -0.25) is 4.79 Å². The van der Waals surface area contributed by atoms with Gasteiger partial charge in [-0.25, -0.2) is 14.2 Å². The van der Waals surface area contributed by atoms with Crippen molar-refractivity contribution < 1.29 is 19.1 Å². The van der Waals surface area contributed by atoms with E-state index in [1.54, 1.807) is 24.1 Å². The highest BCUT2D eigenvalue weighted by Crippen LogP contribution is 2.35.